The fourth-order valence-electron chi connectivity index (χ4n) is 8.04. The first-order chi connectivity index (χ1) is 26.2. The van der Waals surface area contributed by atoms with E-state index in [1.54, 1.807) is 45.2 Å². The lowest BCUT2D eigenvalue weighted by Gasteiger charge is -2.41. The van der Waals surface area contributed by atoms with Crippen LogP contribution in [0.5, 0.6) is 0 Å². The van der Waals surface area contributed by atoms with E-state index in [4.69, 9.17) is 9.47 Å². The van der Waals surface area contributed by atoms with Gasteiger partial charge in [0.1, 0.15) is 0 Å². The summed E-state index contributed by atoms with van der Waals surface area (Å²) in [7, 11) is 8.39. The van der Waals surface area contributed by atoms with E-state index in [9.17, 15) is 24.3 Å². The summed E-state index contributed by atoms with van der Waals surface area (Å²) in [4.78, 5) is 60.6. The Morgan fingerprint density at radius 1 is 0.857 bits per heavy atom. The second kappa shape index (κ2) is 24.8. The van der Waals surface area contributed by atoms with Crippen LogP contribution in [0.3, 0.4) is 0 Å². The first-order valence-corrected chi connectivity index (χ1v) is 21.0. The molecule has 1 aliphatic rings. The molecule has 0 aromatic heterocycles. The van der Waals surface area contributed by atoms with Gasteiger partial charge in [0.2, 0.25) is 17.7 Å². The Morgan fingerprint density at radius 3 is 1.89 bits per heavy atom. The summed E-state index contributed by atoms with van der Waals surface area (Å²) in [5.41, 5.74) is 0.732. The number of carbonyl (C=O) groups excluding carboxylic acids is 4. The van der Waals surface area contributed by atoms with Crippen molar-refractivity contribution in [3.05, 3.63) is 35.9 Å². The molecule has 0 radical (unpaired) electrons. The molecular formula is C45H80N4O7. The van der Waals surface area contributed by atoms with Crippen molar-refractivity contribution in [1.82, 2.24) is 20.0 Å². The smallest absolute Gasteiger partial charge is 0.228 e. The highest BCUT2D eigenvalue weighted by Gasteiger charge is 2.44. The van der Waals surface area contributed by atoms with Crippen molar-refractivity contribution in [3.8, 4) is 0 Å². The minimum Gasteiger partial charge on any atom is -0.386 e. The van der Waals surface area contributed by atoms with E-state index >= 15 is 0 Å². The lowest BCUT2D eigenvalue weighted by molar-refractivity contribution is -0.150. The molecule has 0 bridgehead atoms. The summed E-state index contributed by atoms with van der Waals surface area (Å²) in [6, 6.07) is 7.74. The fourth-order valence-corrected chi connectivity index (χ4v) is 8.04. The van der Waals surface area contributed by atoms with Crippen LogP contribution >= 0.6 is 0 Å². The Hall–Kier alpha value is -2.86. The van der Waals surface area contributed by atoms with Crippen LogP contribution in [0, 0.1) is 35.5 Å². The van der Waals surface area contributed by atoms with Crippen LogP contribution in [0.4, 0.5) is 0 Å². The predicted molar refractivity (Wildman–Crippen MR) is 226 cm³/mol. The minimum absolute atomic E-state index is 0.0124. The van der Waals surface area contributed by atoms with E-state index in [1.807, 2.05) is 76.8 Å². The number of nitrogens with one attached hydrogen (secondary N) is 1. The van der Waals surface area contributed by atoms with Gasteiger partial charge in [0.05, 0.1) is 54.8 Å². The normalized spacial score (nSPS) is 19.3. The highest BCUT2D eigenvalue weighted by atomic mass is 16.5. The Morgan fingerprint density at radius 2 is 1.43 bits per heavy atom. The van der Waals surface area contributed by atoms with Gasteiger partial charge >= 0.3 is 0 Å². The molecule has 2 N–H and O–H groups in total. The molecule has 1 aromatic carbocycles. The van der Waals surface area contributed by atoms with Crippen LogP contribution in [0.15, 0.2) is 30.3 Å². The number of benzene rings is 1. The number of ether oxygens (including phenoxy) is 2. The maximum atomic E-state index is 14.2. The molecule has 1 fully saturated rings. The Labute approximate surface area is 340 Å². The number of amides is 3. The van der Waals surface area contributed by atoms with E-state index in [-0.39, 0.29) is 66.2 Å². The van der Waals surface area contributed by atoms with E-state index in [0.29, 0.717) is 13.0 Å². The number of hydrogen-bond donors (Lipinski definition) is 2. The molecule has 0 unspecified atom stereocenters. The number of likely N-dealkylation sites (tertiary alicyclic amines) is 1. The standard InChI is InChI=1S/C41H70N4O7.C4H10/c1-14-27(6)37(44(11)41(50)31(25(2)3)23-33(46)36(42-9)26(4)5)34(51-12)24-35(47)45-22-18-21-32(45)39(52-13)28(7)40(49)43(10)29(8)38(48)30-19-16-15-17-20-30;1-4(2)3/h15-17,19-20,25-29,31-32,34,36-39,42,48H,14,18,21-24H2,1-13H3;4H,1-3H3/t27-,28+,29+,31-,32-,34+,36-,37-,38+,39+;/m0./s1. The van der Waals surface area contributed by atoms with E-state index in [2.05, 4.69) is 39.9 Å². The van der Waals surface area contributed by atoms with Gasteiger partial charge in [-0.15, -0.1) is 0 Å². The first-order valence-electron chi connectivity index (χ1n) is 21.0. The lowest BCUT2D eigenvalue weighted by atomic mass is 9.84. The monoisotopic (exact) mass is 789 g/mol. The lowest BCUT2D eigenvalue weighted by Crippen LogP contribution is -2.54. The third kappa shape index (κ3) is 14.2. The second-order valence-corrected chi connectivity index (χ2v) is 17.4. The number of ketones is 1. The van der Waals surface area contributed by atoms with E-state index in [1.165, 1.54) is 0 Å². The highest BCUT2D eigenvalue weighted by Crippen LogP contribution is 2.32. The fraction of sp³-hybridized carbons (Fsp3) is 0.778. The van der Waals surface area contributed by atoms with Crippen molar-refractivity contribution in [2.75, 3.05) is 41.9 Å². The number of aliphatic hydroxyl groups is 1. The maximum absolute atomic E-state index is 14.2. The number of aliphatic hydroxyl groups excluding tert-OH is 1. The zero-order chi connectivity index (χ0) is 43.0. The van der Waals surface area contributed by atoms with Crippen LogP contribution in [0.1, 0.15) is 120 Å². The molecule has 2 rings (SSSR count). The summed E-state index contributed by atoms with van der Waals surface area (Å²) >= 11 is 0. The van der Waals surface area contributed by atoms with Gasteiger partial charge in [-0.3, -0.25) is 19.2 Å². The van der Waals surface area contributed by atoms with Crippen molar-refractivity contribution >= 4 is 23.5 Å². The number of nitrogens with zero attached hydrogens (tertiary/aromatic N) is 3. The van der Waals surface area contributed by atoms with Crippen LogP contribution < -0.4 is 5.32 Å². The molecule has 1 heterocycles. The molecule has 0 aliphatic carbocycles. The zero-order valence-electron chi connectivity index (χ0n) is 37.9. The average molecular weight is 789 g/mol. The summed E-state index contributed by atoms with van der Waals surface area (Å²) in [6.07, 6.45) is 0.408. The minimum atomic E-state index is -0.857. The molecule has 1 aromatic rings. The third-order valence-electron chi connectivity index (χ3n) is 11.7. The van der Waals surface area contributed by atoms with Gasteiger partial charge in [-0.2, -0.15) is 0 Å². The van der Waals surface area contributed by atoms with Gasteiger partial charge in [-0.25, -0.2) is 0 Å². The number of hydrogen-bond acceptors (Lipinski definition) is 8. The Bertz CT molecular complexity index is 1320. The molecule has 322 valence electrons. The Kier molecular flexibility index (Phi) is 22.7. The Balaban J connectivity index is 0.00000373. The van der Waals surface area contributed by atoms with Gasteiger partial charge in [-0.05, 0) is 56.0 Å². The molecule has 1 saturated heterocycles. The average Bonchev–Trinajstić information content (AvgIpc) is 3.65. The van der Waals surface area contributed by atoms with Crippen molar-refractivity contribution in [2.24, 2.45) is 35.5 Å². The predicted octanol–water partition coefficient (Wildman–Crippen LogP) is 6.62. The largest absolute Gasteiger partial charge is 0.386 e. The van der Waals surface area contributed by atoms with Crippen molar-refractivity contribution in [1.29, 1.82) is 0 Å². The molecule has 0 spiro atoms. The number of likely N-dealkylation sites (N-methyl/N-ethyl adjacent to an activating group) is 3. The molecule has 56 heavy (non-hydrogen) atoms. The highest BCUT2D eigenvalue weighted by molar-refractivity contribution is 5.90. The van der Waals surface area contributed by atoms with Gasteiger partial charge < -0.3 is 34.6 Å². The zero-order valence-corrected chi connectivity index (χ0v) is 37.9. The molecular weight excluding hydrogens is 709 g/mol. The van der Waals surface area contributed by atoms with E-state index < -0.39 is 42.2 Å². The van der Waals surface area contributed by atoms with Gasteiger partial charge in [0, 0.05) is 47.2 Å². The summed E-state index contributed by atoms with van der Waals surface area (Å²) in [5.74, 6) is -0.599. The van der Waals surface area contributed by atoms with Gasteiger partial charge in [0.25, 0.3) is 0 Å². The first kappa shape index (κ1) is 51.2. The van der Waals surface area contributed by atoms with Crippen LogP contribution in [0.2, 0.25) is 0 Å². The van der Waals surface area contributed by atoms with Crippen LogP contribution in [-0.4, -0.2) is 122 Å². The number of rotatable bonds is 21. The molecule has 3 amide bonds. The molecule has 11 nitrogen and oxygen atoms in total. The number of methoxy groups -OCH3 is 2. The summed E-state index contributed by atoms with van der Waals surface area (Å²) in [5, 5.41) is 14.1. The van der Waals surface area contributed by atoms with Crippen molar-refractivity contribution < 1.29 is 33.8 Å². The molecule has 0 saturated carbocycles. The van der Waals surface area contributed by atoms with Crippen LogP contribution in [0.25, 0.3) is 0 Å². The number of Topliss-reactive ketones (excluding diaryl/α,β-unsaturated/α-hetero) is 1. The second-order valence-electron chi connectivity index (χ2n) is 17.4. The quantitative estimate of drug-likeness (QED) is 0.142. The van der Waals surface area contributed by atoms with Crippen molar-refractivity contribution in [2.45, 2.75) is 151 Å². The van der Waals surface area contributed by atoms with Gasteiger partial charge in [0.15, 0.2) is 5.78 Å². The number of carbonyl (C=O) groups is 4. The topological polar surface area (TPSA) is 129 Å². The SMILES string of the molecule is CC(C)C.CC[C@H](C)[C@@H]([C@@H](CC(=O)N1CCC[C@H]1[C@H](OC)[C@@H](C)C(=O)N(C)[C@H](C)[C@@H](O)c1ccccc1)OC)N(C)C(=O)[C@@H](CC(=O)[C@@H](NC)C(C)C)C(C)C. The summed E-state index contributed by atoms with van der Waals surface area (Å²) < 4.78 is 12.0. The summed E-state index contributed by atoms with van der Waals surface area (Å²) in [6.45, 7) is 22.7. The molecule has 11 heteroatoms. The third-order valence-corrected chi connectivity index (χ3v) is 11.7. The van der Waals surface area contributed by atoms with E-state index in [0.717, 1.165) is 24.3 Å². The molecule has 10 atom stereocenters. The van der Waals surface area contributed by atoms with Crippen LogP contribution in [-0.2, 0) is 28.7 Å². The van der Waals surface area contributed by atoms with Gasteiger partial charge in [-0.1, -0.05) is 106 Å². The molecule has 1 aliphatic heterocycles. The van der Waals surface area contributed by atoms with Crippen molar-refractivity contribution in [3.63, 3.8) is 0 Å². The maximum Gasteiger partial charge on any atom is 0.228 e.